The molecule has 4 saturated carbocycles. The Balaban J connectivity index is 1.71. The molecule has 0 saturated heterocycles. The van der Waals surface area contributed by atoms with Crippen molar-refractivity contribution in [3.8, 4) is 6.07 Å². The second-order valence-electron chi connectivity index (χ2n) is 6.02. The molecule has 0 radical (unpaired) electrons. The van der Waals surface area contributed by atoms with E-state index in [2.05, 4.69) is 10.5 Å². The lowest BCUT2D eigenvalue weighted by atomic mass is 9.54. The van der Waals surface area contributed by atoms with Crippen molar-refractivity contribution in [3.63, 3.8) is 0 Å². The number of nitrogens with one attached hydrogen (secondary N) is 1. The van der Waals surface area contributed by atoms with E-state index in [1.807, 2.05) is 0 Å². The molecule has 0 atom stereocenters. The first kappa shape index (κ1) is 11.5. The molecule has 3 N–H and O–H groups in total. The van der Waals surface area contributed by atoms with E-state index in [-0.39, 0.29) is 5.71 Å². The van der Waals surface area contributed by atoms with Crippen molar-refractivity contribution in [2.45, 2.75) is 38.1 Å². The van der Waals surface area contributed by atoms with Gasteiger partial charge in [0.15, 0.2) is 0 Å². The van der Waals surface area contributed by atoms with Gasteiger partial charge in [0, 0.05) is 6.04 Å². The van der Waals surface area contributed by atoms with Crippen molar-refractivity contribution >= 4 is 11.6 Å². The highest BCUT2D eigenvalue weighted by Crippen LogP contribution is 2.53. The molecule has 0 aromatic carbocycles. The molecule has 18 heavy (non-hydrogen) atoms. The zero-order valence-corrected chi connectivity index (χ0v) is 10.3. The largest absolute Gasteiger partial charge is 0.364 e. The molecule has 4 fully saturated rings. The molecule has 5 nitrogen and oxygen atoms in total. The Morgan fingerprint density at radius 3 is 2.17 bits per heavy atom. The Bertz CT molecular complexity index is 409. The first-order chi connectivity index (χ1) is 8.67. The van der Waals surface area contributed by atoms with Gasteiger partial charge in [-0.1, -0.05) is 0 Å². The van der Waals surface area contributed by atoms with Crippen LogP contribution in [-0.2, 0) is 4.79 Å². The second kappa shape index (κ2) is 4.27. The monoisotopic (exact) mass is 246 g/mol. The summed E-state index contributed by atoms with van der Waals surface area (Å²) in [4.78, 5) is 10.9. The third-order valence-electron chi connectivity index (χ3n) is 4.89. The minimum Gasteiger partial charge on any atom is -0.364 e. The summed E-state index contributed by atoms with van der Waals surface area (Å²) >= 11 is 0. The molecule has 4 bridgehead atoms. The van der Waals surface area contributed by atoms with Crippen LogP contribution < -0.4 is 11.2 Å². The van der Waals surface area contributed by atoms with Crippen LogP contribution in [0.4, 0.5) is 0 Å². The fourth-order valence-electron chi connectivity index (χ4n) is 4.41. The fraction of sp³-hybridized carbons (Fsp3) is 0.769. The smallest absolute Gasteiger partial charge is 0.280 e. The molecule has 4 aliphatic rings. The number of primary amides is 1. The molecule has 4 rings (SSSR count). The lowest BCUT2D eigenvalue weighted by Gasteiger charge is -2.54. The van der Waals surface area contributed by atoms with Crippen molar-refractivity contribution < 1.29 is 4.79 Å². The van der Waals surface area contributed by atoms with Gasteiger partial charge in [0.25, 0.3) is 5.91 Å². The highest BCUT2D eigenvalue weighted by atomic mass is 16.1. The van der Waals surface area contributed by atoms with Crippen LogP contribution in [0, 0.1) is 35.0 Å². The molecule has 0 aromatic heterocycles. The average Bonchev–Trinajstić information content (AvgIpc) is 2.31. The second-order valence-corrected chi connectivity index (χ2v) is 6.02. The first-order valence-electron chi connectivity index (χ1n) is 6.70. The predicted octanol–water partition coefficient (Wildman–Crippen LogP) is 0.766. The summed E-state index contributed by atoms with van der Waals surface area (Å²) in [6.07, 6.45) is 6.52. The van der Waals surface area contributed by atoms with Crippen LogP contribution in [0.25, 0.3) is 0 Å². The lowest BCUT2D eigenvalue weighted by Crippen LogP contribution is -2.53. The maximum Gasteiger partial charge on any atom is 0.280 e. The zero-order valence-electron chi connectivity index (χ0n) is 10.3. The van der Waals surface area contributed by atoms with E-state index in [0.29, 0.717) is 17.9 Å². The quantitative estimate of drug-likeness (QED) is 0.569. The third-order valence-corrected chi connectivity index (χ3v) is 4.89. The van der Waals surface area contributed by atoms with E-state index in [1.54, 1.807) is 6.07 Å². The Kier molecular flexibility index (Phi) is 2.73. The van der Waals surface area contributed by atoms with Gasteiger partial charge < -0.3 is 11.2 Å². The van der Waals surface area contributed by atoms with Gasteiger partial charge in [-0.3, -0.25) is 4.79 Å². The molecule has 0 heterocycles. The highest BCUT2D eigenvalue weighted by molar-refractivity contribution is 6.44. The summed E-state index contributed by atoms with van der Waals surface area (Å²) in [5.74, 6) is 2.38. The van der Waals surface area contributed by atoms with Crippen molar-refractivity contribution in [2.24, 2.45) is 34.5 Å². The molecule has 0 aromatic rings. The Labute approximate surface area is 106 Å². The Morgan fingerprint density at radius 1 is 1.17 bits per heavy atom. The summed E-state index contributed by atoms with van der Waals surface area (Å²) in [6, 6.07) is 2.07. The van der Waals surface area contributed by atoms with E-state index in [4.69, 9.17) is 11.0 Å². The number of rotatable bonds is 3. The standard InChI is InChI=1S/C13H18N4O/c14-6-11(13(15)18)16-17-12-9-2-7-1-8(4-9)5-10(12)3-7/h7-10,12,17H,1-5H2,(H2,15,18)/b16-11+. The minimum atomic E-state index is -0.756. The van der Waals surface area contributed by atoms with Crippen molar-refractivity contribution in [3.05, 3.63) is 0 Å². The highest BCUT2D eigenvalue weighted by Gasteiger charge is 2.48. The SMILES string of the molecule is N#C/C(=N\NC1C2CC3CC(C2)CC1C3)C(N)=O. The van der Waals surface area contributed by atoms with E-state index >= 15 is 0 Å². The zero-order chi connectivity index (χ0) is 12.7. The van der Waals surface area contributed by atoms with Gasteiger partial charge in [-0.15, -0.1) is 0 Å². The number of nitrogens with two attached hydrogens (primary N) is 1. The van der Waals surface area contributed by atoms with E-state index in [1.165, 1.54) is 32.1 Å². The molecule has 1 amide bonds. The number of hydrazone groups is 1. The topological polar surface area (TPSA) is 91.3 Å². The maximum absolute atomic E-state index is 10.9. The van der Waals surface area contributed by atoms with Gasteiger partial charge in [-0.05, 0) is 55.8 Å². The van der Waals surface area contributed by atoms with Crippen LogP contribution in [0.3, 0.4) is 0 Å². The Morgan fingerprint density at radius 2 is 1.72 bits per heavy atom. The lowest BCUT2D eigenvalue weighted by molar-refractivity contribution is -0.111. The summed E-state index contributed by atoms with van der Waals surface area (Å²) in [7, 11) is 0. The number of hydrogen-bond acceptors (Lipinski definition) is 4. The van der Waals surface area contributed by atoms with Crippen LogP contribution in [0.1, 0.15) is 32.1 Å². The Hall–Kier alpha value is -1.57. The molecule has 0 unspecified atom stereocenters. The molecule has 0 spiro atoms. The maximum atomic E-state index is 10.9. The van der Waals surface area contributed by atoms with Crippen LogP contribution >= 0.6 is 0 Å². The van der Waals surface area contributed by atoms with Crippen LogP contribution in [-0.4, -0.2) is 17.7 Å². The van der Waals surface area contributed by atoms with Gasteiger partial charge >= 0.3 is 0 Å². The number of nitriles is 1. The van der Waals surface area contributed by atoms with E-state index < -0.39 is 5.91 Å². The summed E-state index contributed by atoms with van der Waals surface area (Å²) < 4.78 is 0. The average molecular weight is 246 g/mol. The third kappa shape index (κ3) is 1.86. The molecule has 4 aliphatic carbocycles. The van der Waals surface area contributed by atoms with Crippen LogP contribution in [0.15, 0.2) is 5.10 Å². The van der Waals surface area contributed by atoms with E-state index in [0.717, 1.165) is 11.8 Å². The predicted molar refractivity (Wildman–Crippen MR) is 66.2 cm³/mol. The normalized spacial score (nSPS) is 41.5. The van der Waals surface area contributed by atoms with Gasteiger partial charge in [0.2, 0.25) is 5.71 Å². The number of carbonyl (C=O) groups excluding carboxylic acids is 1. The molecule has 96 valence electrons. The summed E-state index contributed by atoms with van der Waals surface area (Å²) in [5, 5.41) is 12.7. The van der Waals surface area contributed by atoms with Gasteiger partial charge in [0.1, 0.15) is 6.07 Å². The first-order valence-corrected chi connectivity index (χ1v) is 6.70. The fourth-order valence-corrected chi connectivity index (χ4v) is 4.41. The number of hydrogen-bond donors (Lipinski definition) is 2. The number of carbonyl (C=O) groups is 1. The van der Waals surface area contributed by atoms with Gasteiger partial charge in [-0.2, -0.15) is 10.4 Å². The molecule has 0 aliphatic heterocycles. The van der Waals surface area contributed by atoms with Gasteiger partial charge in [-0.25, -0.2) is 0 Å². The molecule has 5 heteroatoms. The summed E-state index contributed by atoms with van der Waals surface area (Å²) in [5.41, 5.74) is 7.92. The van der Waals surface area contributed by atoms with Crippen LogP contribution in [0.2, 0.25) is 0 Å². The van der Waals surface area contributed by atoms with Crippen molar-refractivity contribution in [1.82, 2.24) is 5.43 Å². The van der Waals surface area contributed by atoms with Crippen molar-refractivity contribution in [1.29, 1.82) is 5.26 Å². The molecular weight excluding hydrogens is 228 g/mol. The minimum absolute atomic E-state index is 0.219. The van der Waals surface area contributed by atoms with Crippen LogP contribution in [0.5, 0.6) is 0 Å². The van der Waals surface area contributed by atoms with E-state index in [9.17, 15) is 4.79 Å². The molecular formula is C13H18N4O. The van der Waals surface area contributed by atoms with Crippen molar-refractivity contribution in [2.75, 3.05) is 0 Å². The number of amides is 1. The number of nitrogens with zero attached hydrogens (tertiary/aromatic N) is 2. The summed E-state index contributed by atoms with van der Waals surface area (Å²) in [6.45, 7) is 0. The van der Waals surface area contributed by atoms with Gasteiger partial charge in [0.05, 0.1) is 0 Å².